The molecular formula is C18H23N3O6. The topological polar surface area (TPSA) is 127 Å². The normalized spacial score (nSPS) is 21.6. The zero-order chi connectivity index (χ0) is 24.5. The summed E-state index contributed by atoms with van der Waals surface area (Å²) < 4.78 is 38.8. The number of carboxylic acids is 2. The van der Waals surface area contributed by atoms with Gasteiger partial charge in [-0.1, -0.05) is 30.2 Å². The maximum atomic E-state index is 12.7. The highest BCUT2D eigenvalue weighted by Crippen LogP contribution is 2.17. The average molecular weight is 382 g/mol. The SMILES string of the molecule is [2H]c1c([2H])c([2H])c(CC[C@H](N[C@@H](C)C(=O)N2C(=O)N(C)C[C@H]2C(=O)O)C(=O)O)c([2H])c1[2H]. The standard InChI is InChI=1S/C18H23N3O6/c1-11(15(22)21-14(17(25)26)10-20(2)18(21)27)19-13(16(23)24)9-8-12-6-4-3-5-7-12/h3-7,11,13-14,19H,8-10H2,1-2H3,(H,23,24)(H,25,26)/t11-,13-,14-/m0/s1/i3D,4D,5D,6D,7D. The summed E-state index contributed by atoms with van der Waals surface area (Å²) in [6.45, 7) is 1.08. The van der Waals surface area contributed by atoms with Gasteiger partial charge in [0, 0.05) is 7.05 Å². The van der Waals surface area contributed by atoms with Gasteiger partial charge in [-0.05, 0) is 25.3 Å². The molecule has 0 saturated carbocycles. The van der Waals surface area contributed by atoms with Gasteiger partial charge in [0.2, 0.25) is 5.91 Å². The van der Waals surface area contributed by atoms with Crippen LogP contribution in [0.5, 0.6) is 0 Å². The van der Waals surface area contributed by atoms with Gasteiger partial charge in [-0.3, -0.25) is 14.9 Å². The van der Waals surface area contributed by atoms with Crippen LogP contribution in [0.25, 0.3) is 0 Å². The van der Waals surface area contributed by atoms with E-state index in [9.17, 15) is 29.4 Å². The molecule has 1 heterocycles. The molecule has 0 unspecified atom stereocenters. The van der Waals surface area contributed by atoms with Crippen molar-refractivity contribution in [2.24, 2.45) is 0 Å². The lowest BCUT2D eigenvalue weighted by Gasteiger charge is -2.25. The summed E-state index contributed by atoms with van der Waals surface area (Å²) in [5, 5.41) is 21.3. The van der Waals surface area contributed by atoms with Gasteiger partial charge in [0.1, 0.15) is 6.04 Å². The molecule has 1 aromatic carbocycles. The first-order chi connectivity index (χ1) is 14.8. The van der Waals surface area contributed by atoms with Gasteiger partial charge >= 0.3 is 18.0 Å². The van der Waals surface area contributed by atoms with Gasteiger partial charge in [0.25, 0.3) is 0 Å². The molecule has 1 saturated heterocycles. The number of carbonyl (C=O) groups excluding carboxylic acids is 2. The molecule has 2 rings (SSSR count). The van der Waals surface area contributed by atoms with E-state index < -0.39 is 72.2 Å². The molecule has 3 amide bonds. The van der Waals surface area contributed by atoms with Gasteiger partial charge in [-0.15, -0.1) is 0 Å². The molecule has 0 aliphatic carbocycles. The lowest BCUT2D eigenvalue weighted by atomic mass is 10.0. The molecule has 1 aliphatic heterocycles. The van der Waals surface area contributed by atoms with Crippen LogP contribution >= 0.6 is 0 Å². The Morgan fingerprint density at radius 3 is 2.48 bits per heavy atom. The van der Waals surface area contributed by atoms with E-state index in [0.29, 0.717) is 4.90 Å². The van der Waals surface area contributed by atoms with E-state index in [1.807, 2.05) is 0 Å². The Kier molecular flexibility index (Phi) is 4.53. The van der Waals surface area contributed by atoms with Crippen molar-refractivity contribution in [3.8, 4) is 0 Å². The second kappa shape index (κ2) is 8.63. The number of rotatable bonds is 8. The number of nitrogens with zero attached hydrogens (tertiary/aromatic N) is 2. The molecule has 3 N–H and O–H groups in total. The van der Waals surface area contributed by atoms with E-state index in [4.69, 9.17) is 6.85 Å². The van der Waals surface area contributed by atoms with Crippen LogP contribution in [-0.4, -0.2) is 75.6 Å². The van der Waals surface area contributed by atoms with Crippen LogP contribution in [-0.2, 0) is 20.8 Å². The molecular weight excluding hydrogens is 354 g/mol. The van der Waals surface area contributed by atoms with E-state index >= 15 is 0 Å². The van der Waals surface area contributed by atoms with Crippen molar-refractivity contribution in [2.75, 3.05) is 13.6 Å². The number of carboxylic acid groups (broad SMARTS) is 2. The monoisotopic (exact) mass is 382 g/mol. The molecule has 0 radical (unpaired) electrons. The minimum Gasteiger partial charge on any atom is -0.480 e. The number of hydrogen-bond donors (Lipinski definition) is 3. The Hall–Kier alpha value is -2.94. The van der Waals surface area contributed by atoms with E-state index in [0.717, 1.165) is 4.90 Å². The number of imide groups is 1. The van der Waals surface area contributed by atoms with Crippen molar-refractivity contribution in [2.45, 2.75) is 37.9 Å². The number of hydrogen-bond acceptors (Lipinski definition) is 5. The second-order valence-electron chi connectivity index (χ2n) is 6.15. The summed E-state index contributed by atoms with van der Waals surface area (Å²) in [5.41, 5.74) is -0.0645. The number of amides is 3. The molecule has 1 aliphatic rings. The van der Waals surface area contributed by atoms with Crippen molar-refractivity contribution >= 4 is 23.9 Å². The highest BCUT2D eigenvalue weighted by molar-refractivity contribution is 6.02. The van der Waals surface area contributed by atoms with Gasteiger partial charge in [0.05, 0.1) is 19.4 Å². The number of urea groups is 1. The lowest BCUT2D eigenvalue weighted by Crippen LogP contribution is -2.54. The molecule has 27 heavy (non-hydrogen) atoms. The second-order valence-corrected chi connectivity index (χ2v) is 6.15. The highest BCUT2D eigenvalue weighted by Gasteiger charge is 2.45. The van der Waals surface area contributed by atoms with Crippen LogP contribution in [0.2, 0.25) is 0 Å². The maximum absolute atomic E-state index is 12.7. The fourth-order valence-corrected chi connectivity index (χ4v) is 2.72. The van der Waals surface area contributed by atoms with Crippen molar-refractivity contribution in [3.63, 3.8) is 0 Å². The average Bonchev–Trinajstić information content (AvgIpc) is 3.03. The van der Waals surface area contributed by atoms with Crippen LogP contribution in [0.3, 0.4) is 0 Å². The summed E-state index contributed by atoms with van der Waals surface area (Å²) in [6, 6.07) is -7.37. The predicted octanol–water partition coefficient (Wildman–Crippen LogP) is 0.398. The van der Waals surface area contributed by atoms with E-state index in [-0.39, 0.29) is 24.9 Å². The largest absolute Gasteiger partial charge is 0.480 e. The maximum Gasteiger partial charge on any atom is 0.328 e. The fraction of sp³-hybridized carbons (Fsp3) is 0.444. The zero-order valence-corrected chi connectivity index (χ0v) is 14.8. The van der Waals surface area contributed by atoms with Crippen LogP contribution in [0.4, 0.5) is 4.79 Å². The van der Waals surface area contributed by atoms with E-state index in [1.54, 1.807) is 0 Å². The third-order valence-electron chi connectivity index (χ3n) is 4.17. The predicted molar refractivity (Wildman–Crippen MR) is 95.1 cm³/mol. The summed E-state index contributed by atoms with van der Waals surface area (Å²) in [5.74, 6) is -3.66. The molecule has 9 heteroatoms. The number of nitrogens with one attached hydrogen (secondary N) is 1. The molecule has 1 aromatic rings. The minimum absolute atomic E-state index is 0.0645. The molecule has 9 nitrogen and oxygen atoms in total. The first kappa shape index (κ1) is 14.2. The summed E-state index contributed by atoms with van der Waals surface area (Å²) in [6.07, 6.45) is -0.416. The molecule has 0 bridgehead atoms. The van der Waals surface area contributed by atoms with E-state index in [2.05, 4.69) is 5.32 Å². The summed E-state index contributed by atoms with van der Waals surface area (Å²) in [4.78, 5) is 49.6. The number of likely N-dealkylation sites (N-methyl/N-ethyl adjacent to an activating group) is 1. The van der Waals surface area contributed by atoms with Crippen LogP contribution in [0.15, 0.2) is 30.2 Å². The third kappa shape index (κ3) is 4.82. The van der Waals surface area contributed by atoms with Crippen LogP contribution < -0.4 is 5.32 Å². The molecule has 0 spiro atoms. The first-order valence-electron chi connectivity index (χ1n) is 10.6. The Balaban J connectivity index is 2.18. The number of aliphatic carboxylic acids is 2. The highest BCUT2D eigenvalue weighted by atomic mass is 16.4. The summed E-state index contributed by atoms with van der Waals surface area (Å²) >= 11 is 0. The van der Waals surface area contributed by atoms with Crippen LogP contribution in [0, 0.1) is 0 Å². The minimum atomic E-state index is -1.40. The number of benzene rings is 1. The van der Waals surface area contributed by atoms with Crippen molar-refractivity contribution in [3.05, 3.63) is 35.8 Å². The first-order valence-corrected chi connectivity index (χ1v) is 8.15. The zero-order valence-electron chi connectivity index (χ0n) is 19.8. The fourth-order valence-electron chi connectivity index (χ4n) is 2.72. The van der Waals surface area contributed by atoms with Gasteiger partial charge in [-0.2, -0.15) is 0 Å². The van der Waals surface area contributed by atoms with Crippen molar-refractivity contribution in [1.82, 2.24) is 15.1 Å². The van der Waals surface area contributed by atoms with Gasteiger partial charge in [0.15, 0.2) is 6.04 Å². The Labute approximate surface area is 163 Å². The van der Waals surface area contributed by atoms with E-state index in [1.165, 1.54) is 14.0 Å². The summed E-state index contributed by atoms with van der Waals surface area (Å²) in [7, 11) is 1.34. The van der Waals surface area contributed by atoms with Crippen molar-refractivity contribution < 1.29 is 36.2 Å². The molecule has 146 valence electrons. The lowest BCUT2D eigenvalue weighted by molar-refractivity contribution is -0.147. The van der Waals surface area contributed by atoms with Crippen LogP contribution in [0.1, 0.15) is 25.8 Å². The number of carbonyl (C=O) groups is 4. The Bertz CT molecular complexity index is 946. The molecule has 3 atom stereocenters. The van der Waals surface area contributed by atoms with Gasteiger partial charge < -0.3 is 15.1 Å². The third-order valence-corrected chi connectivity index (χ3v) is 4.17. The Morgan fingerprint density at radius 2 is 1.93 bits per heavy atom. The van der Waals surface area contributed by atoms with Gasteiger partial charge in [-0.25, -0.2) is 14.5 Å². The molecule has 1 fully saturated rings. The smallest absolute Gasteiger partial charge is 0.328 e. The van der Waals surface area contributed by atoms with Crippen molar-refractivity contribution in [1.29, 1.82) is 0 Å². The Morgan fingerprint density at radius 1 is 1.30 bits per heavy atom. The quantitative estimate of drug-likeness (QED) is 0.594. The molecule has 0 aromatic heterocycles.